The molecule has 0 saturated carbocycles. The topological polar surface area (TPSA) is 43.1 Å². The lowest BCUT2D eigenvalue weighted by molar-refractivity contribution is -0.129. The van der Waals surface area contributed by atoms with E-state index in [1.165, 1.54) is 5.69 Å². The van der Waals surface area contributed by atoms with E-state index in [4.69, 9.17) is 0 Å². The summed E-state index contributed by atoms with van der Waals surface area (Å²) in [6, 6.07) is 4.23. The lowest BCUT2D eigenvalue weighted by Gasteiger charge is -2.34. The van der Waals surface area contributed by atoms with Crippen molar-refractivity contribution in [2.45, 2.75) is 19.5 Å². The molecule has 1 unspecified atom stereocenters. The molecular weight excluding hydrogens is 252 g/mol. The van der Waals surface area contributed by atoms with Gasteiger partial charge in [-0.2, -0.15) is 5.10 Å². The van der Waals surface area contributed by atoms with Crippen LogP contribution < -0.4 is 0 Å². The van der Waals surface area contributed by atoms with Gasteiger partial charge in [-0.25, -0.2) is 0 Å². The summed E-state index contributed by atoms with van der Waals surface area (Å²) in [5.74, 6) is 0.0498. The Labute approximate surface area is 118 Å². The number of carbonyl (C=O) groups excluding carboxylic acids is 1. The van der Waals surface area contributed by atoms with Crippen molar-refractivity contribution >= 4 is 12.0 Å². The van der Waals surface area contributed by atoms with Crippen LogP contribution in [-0.4, -0.2) is 31.7 Å². The molecule has 0 saturated heterocycles. The summed E-state index contributed by atoms with van der Waals surface area (Å²) in [6.45, 7) is 3.68. The Balaban J connectivity index is 1.74. The van der Waals surface area contributed by atoms with Gasteiger partial charge in [-0.1, -0.05) is 0 Å². The summed E-state index contributed by atoms with van der Waals surface area (Å²) in [6.07, 6.45) is 9.14. The standard InChI is InChI=1S/C15H18N4O/c1-12-14-4-3-7-18(14)8-9-19(12)15(20)6-5-13-10-16-17(2)11-13/h3-7,10-12H,8-9H2,1-2H3/b6-5+. The van der Waals surface area contributed by atoms with Crippen LogP contribution in [0.25, 0.3) is 6.08 Å². The Bertz CT molecular complexity index is 652. The molecular formula is C15H18N4O. The Hall–Kier alpha value is -2.30. The molecule has 1 amide bonds. The first-order valence-corrected chi connectivity index (χ1v) is 6.77. The SMILES string of the molecule is CC1c2cccn2CCN1C(=O)/C=C/c1cnn(C)c1. The van der Waals surface area contributed by atoms with Gasteiger partial charge < -0.3 is 9.47 Å². The van der Waals surface area contributed by atoms with E-state index in [-0.39, 0.29) is 11.9 Å². The maximum Gasteiger partial charge on any atom is 0.247 e. The first-order chi connectivity index (χ1) is 9.65. The zero-order valence-corrected chi connectivity index (χ0v) is 11.7. The average molecular weight is 270 g/mol. The fourth-order valence-corrected chi connectivity index (χ4v) is 2.67. The van der Waals surface area contributed by atoms with E-state index >= 15 is 0 Å². The van der Waals surface area contributed by atoms with Gasteiger partial charge in [0, 0.05) is 49.9 Å². The maximum atomic E-state index is 12.3. The van der Waals surface area contributed by atoms with Gasteiger partial charge in [0.05, 0.1) is 12.2 Å². The average Bonchev–Trinajstić information content (AvgIpc) is 3.05. The molecule has 0 bridgehead atoms. The van der Waals surface area contributed by atoms with Crippen molar-refractivity contribution in [3.63, 3.8) is 0 Å². The first-order valence-electron chi connectivity index (χ1n) is 6.77. The largest absolute Gasteiger partial charge is 0.348 e. The van der Waals surface area contributed by atoms with Gasteiger partial charge >= 0.3 is 0 Å². The van der Waals surface area contributed by atoms with Crippen molar-refractivity contribution < 1.29 is 4.79 Å². The minimum atomic E-state index is 0.0498. The summed E-state index contributed by atoms with van der Waals surface area (Å²) in [5.41, 5.74) is 2.13. The number of fused-ring (bicyclic) bond motifs is 1. The van der Waals surface area contributed by atoms with Crippen LogP contribution in [0, 0.1) is 0 Å². The van der Waals surface area contributed by atoms with E-state index in [0.717, 1.165) is 18.7 Å². The highest BCUT2D eigenvalue weighted by Crippen LogP contribution is 2.25. The normalized spacial score (nSPS) is 18.5. The highest BCUT2D eigenvalue weighted by atomic mass is 16.2. The van der Waals surface area contributed by atoms with Gasteiger partial charge in [0.2, 0.25) is 5.91 Å². The minimum Gasteiger partial charge on any atom is -0.348 e. The number of nitrogens with zero attached hydrogens (tertiary/aromatic N) is 4. The summed E-state index contributed by atoms with van der Waals surface area (Å²) in [4.78, 5) is 14.2. The number of carbonyl (C=O) groups is 1. The molecule has 0 N–H and O–H groups in total. The van der Waals surface area contributed by atoms with E-state index < -0.39 is 0 Å². The molecule has 3 heterocycles. The molecule has 1 aliphatic heterocycles. The monoisotopic (exact) mass is 270 g/mol. The molecule has 2 aromatic rings. The molecule has 3 rings (SSSR count). The van der Waals surface area contributed by atoms with Gasteiger partial charge in [0.25, 0.3) is 0 Å². The van der Waals surface area contributed by atoms with E-state index in [1.54, 1.807) is 17.0 Å². The van der Waals surface area contributed by atoms with E-state index in [2.05, 4.69) is 28.9 Å². The molecule has 0 aromatic carbocycles. The van der Waals surface area contributed by atoms with Crippen LogP contribution in [0.5, 0.6) is 0 Å². The molecule has 0 radical (unpaired) electrons. The lowest BCUT2D eigenvalue weighted by Crippen LogP contribution is -2.39. The second-order valence-corrected chi connectivity index (χ2v) is 5.11. The van der Waals surface area contributed by atoms with Gasteiger partial charge in [-0.15, -0.1) is 0 Å². The molecule has 20 heavy (non-hydrogen) atoms. The highest BCUT2D eigenvalue weighted by Gasteiger charge is 2.25. The van der Waals surface area contributed by atoms with Crippen LogP contribution in [0.1, 0.15) is 24.2 Å². The Morgan fingerprint density at radius 2 is 2.30 bits per heavy atom. The van der Waals surface area contributed by atoms with Crippen LogP contribution in [0.15, 0.2) is 36.8 Å². The number of rotatable bonds is 2. The van der Waals surface area contributed by atoms with Crippen molar-refractivity contribution in [2.24, 2.45) is 7.05 Å². The fourth-order valence-electron chi connectivity index (χ4n) is 2.67. The quantitative estimate of drug-likeness (QED) is 0.781. The van der Waals surface area contributed by atoms with Crippen LogP contribution >= 0.6 is 0 Å². The predicted octanol–water partition coefficient (Wildman–Crippen LogP) is 1.84. The van der Waals surface area contributed by atoms with Gasteiger partial charge in [-0.3, -0.25) is 9.48 Å². The molecule has 0 aliphatic carbocycles. The van der Waals surface area contributed by atoms with Gasteiger partial charge in [-0.05, 0) is 25.1 Å². The number of amides is 1. The molecule has 5 heteroatoms. The lowest BCUT2D eigenvalue weighted by atomic mass is 10.1. The predicted molar refractivity (Wildman–Crippen MR) is 76.8 cm³/mol. The zero-order valence-electron chi connectivity index (χ0n) is 11.7. The molecule has 104 valence electrons. The molecule has 1 aliphatic rings. The Kier molecular flexibility index (Phi) is 3.18. The summed E-state index contributed by atoms with van der Waals surface area (Å²) in [7, 11) is 1.86. The van der Waals surface area contributed by atoms with Gasteiger partial charge in [0.15, 0.2) is 0 Å². The van der Waals surface area contributed by atoms with Crippen LogP contribution in [0.2, 0.25) is 0 Å². The molecule has 0 fully saturated rings. The summed E-state index contributed by atoms with van der Waals surface area (Å²) >= 11 is 0. The Morgan fingerprint density at radius 1 is 1.45 bits per heavy atom. The summed E-state index contributed by atoms with van der Waals surface area (Å²) in [5, 5.41) is 4.08. The molecule has 0 spiro atoms. The third-order valence-corrected chi connectivity index (χ3v) is 3.77. The van der Waals surface area contributed by atoms with Crippen molar-refractivity contribution in [1.29, 1.82) is 0 Å². The van der Waals surface area contributed by atoms with Crippen LogP contribution in [-0.2, 0) is 18.4 Å². The number of hydrogen-bond donors (Lipinski definition) is 0. The molecule has 1 atom stereocenters. The third-order valence-electron chi connectivity index (χ3n) is 3.77. The van der Waals surface area contributed by atoms with E-state index in [9.17, 15) is 4.79 Å². The first kappa shape index (κ1) is 12.7. The highest BCUT2D eigenvalue weighted by molar-refractivity contribution is 5.92. The van der Waals surface area contributed by atoms with Crippen LogP contribution in [0.4, 0.5) is 0 Å². The maximum absolute atomic E-state index is 12.3. The fraction of sp³-hybridized carbons (Fsp3) is 0.333. The summed E-state index contributed by atoms with van der Waals surface area (Å²) < 4.78 is 3.93. The van der Waals surface area contributed by atoms with Crippen molar-refractivity contribution in [3.8, 4) is 0 Å². The number of hydrogen-bond acceptors (Lipinski definition) is 2. The number of aryl methyl sites for hydroxylation is 1. The second kappa shape index (κ2) is 5.00. The minimum absolute atomic E-state index is 0.0498. The van der Waals surface area contributed by atoms with E-state index in [1.807, 2.05) is 30.3 Å². The van der Waals surface area contributed by atoms with Crippen LogP contribution in [0.3, 0.4) is 0 Å². The van der Waals surface area contributed by atoms with Gasteiger partial charge in [0.1, 0.15) is 0 Å². The second-order valence-electron chi connectivity index (χ2n) is 5.11. The third kappa shape index (κ3) is 2.27. The Morgan fingerprint density at radius 3 is 3.05 bits per heavy atom. The molecule has 2 aromatic heterocycles. The van der Waals surface area contributed by atoms with E-state index in [0.29, 0.717) is 0 Å². The molecule has 5 nitrogen and oxygen atoms in total. The smallest absolute Gasteiger partial charge is 0.247 e. The van der Waals surface area contributed by atoms with Crippen molar-refractivity contribution in [1.82, 2.24) is 19.2 Å². The van der Waals surface area contributed by atoms with Crippen molar-refractivity contribution in [3.05, 3.63) is 48.1 Å². The number of aromatic nitrogens is 3. The zero-order chi connectivity index (χ0) is 14.1. The van der Waals surface area contributed by atoms with Crippen molar-refractivity contribution in [2.75, 3.05) is 6.54 Å².